The number of nitrogens with one attached hydrogen (secondary N) is 1. The molecule has 1 unspecified atom stereocenters. The molecule has 0 radical (unpaired) electrons. The molecule has 0 aromatic carbocycles. The predicted octanol–water partition coefficient (Wildman–Crippen LogP) is 4.14. The van der Waals surface area contributed by atoms with Crippen LogP contribution in [-0.2, 0) is 4.74 Å². The summed E-state index contributed by atoms with van der Waals surface area (Å²) in [6.07, 6.45) is 14.0. The summed E-state index contributed by atoms with van der Waals surface area (Å²) in [5.74, 6) is 1.95. The van der Waals surface area contributed by atoms with Crippen molar-refractivity contribution in [1.82, 2.24) is 5.32 Å². The van der Waals surface area contributed by atoms with Crippen LogP contribution in [0.5, 0.6) is 0 Å². The monoisotopic (exact) mass is 267 g/mol. The maximum atomic E-state index is 5.48. The summed E-state index contributed by atoms with van der Waals surface area (Å²) in [5, 5.41) is 3.80. The van der Waals surface area contributed by atoms with Crippen LogP contribution in [0.15, 0.2) is 0 Å². The fraction of sp³-hybridized carbons (Fsp3) is 1.00. The van der Waals surface area contributed by atoms with Crippen LogP contribution in [0.1, 0.15) is 71.1 Å². The zero-order valence-corrected chi connectivity index (χ0v) is 12.8. The van der Waals surface area contributed by atoms with E-state index in [2.05, 4.69) is 12.2 Å². The van der Waals surface area contributed by atoms with E-state index in [1.165, 1.54) is 70.8 Å². The Morgan fingerprint density at radius 1 is 1.05 bits per heavy atom. The zero-order valence-electron chi connectivity index (χ0n) is 12.8. The second-order valence-corrected chi connectivity index (χ2v) is 6.67. The molecular weight excluding hydrogens is 234 g/mol. The third kappa shape index (κ3) is 5.83. The normalized spacial score (nSPS) is 23.8. The summed E-state index contributed by atoms with van der Waals surface area (Å²) < 4.78 is 5.48. The van der Waals surface area contributed by atoms with Crippen molar-refractivity contribution < 1.29 is 4.74 Å². The van der Waals surface area contributed by atoms with Gasteiger partial charge in [0, 0.05) is 19.3 Å². The van der Waals surface area contributed by atoms with E-state index in [-0.39, 0.29) is 0 Å². The van der Waals surface area contributed by atoms with Crippen molar-refractivity contribution >= 4 is 0 Å². The molecule has 1 saturated heterocycles. The lowest BCUT2D eigenvalue weighted by molar-refractivity contribution is 0.0599. The fourth-order valence-electron chi connectivity index (χ4n) is 3.77. The second kappa shape index (κ2) is 8.97. The third-order valence-electron chi connectivity index (χ3n) is 5.04. The summed E-state index contributed by atoms with van der Waals surface area (Å²) >= 11 is 0. The van der Waals surface area contributed by atoms with E-state index in [0.29, 0.717) is 0 Å². The molecule has 2 rings (SSSR count). The van der Waals surface area contributed by atoms with Crippen LogP contribution in [0, 0.1) is 11.8 Å². The van der Waals surface area contributed by atoms with Gasteiger partial charge >= 0.3 is 0 Å². The summed E-state index contributed by atoms with van der Waals surface area (Å²) in [4.78, 5) is 0. The van der Waals surface area contributed by atoms with Crippen LogP contribution < -0.4 is 5.32 Å². The van der Waals surface area contributed by atoms with Gasteiger partial charge in [-0.1, -0.05) is 32.6 Å². The molecule has 1 saturated carbocycles. The van der Waals surface area contributed by atoms with Gasteiger partial charge in [0.1, 0.15) is 0 Å². The molecule has 1 N–H and O–H groups in total. The van der Waals surface area contributed by atoms with Crippen LogP contribution in [0.4, 0.5) is 0 Å². The molecule has 1 atom stereocenters. The highest BCUT2D eigenvalue weighted by atomic mass is 16.5. The molecule has 0 aromatic heterocycles. The molecular formula is C17H33NO. The maximum Gasteiger partial charge on any atom is 0.0468 e. The minimum absolute atomic E-state index is 0.767. The van der Waals surface area contributed by atoms with E-state index < -0.39 is 0 Å². The Bertz CT molecular complexity index is 219. The molecule has 19 heavy (non-hydrogen) atoms. The second-order valence-electron chi connectivity index (χ2n) is 6.67. The maximum absolute atomic E-state index is 5.48. The Hall–Kier alpha value is -0.0800. The van der Waals surface area contributed by atoms with Crippen LogP contribution in [0.2, 0.25) is 0 Å². The molecule has 2 heteroatoms. The van der Waals surface area contributed by atoms with Gasteiger partial charge < -0.3 is 10.1 Å². The van der Waals surface area contributed by atoms with Crippen LogP contribution >= 0.6 is 0 Å². The molecule has 0 amide bonds. The lowest BCUT2D eigenvalue weighted by Crippen LogP contribution is -2.33. The first-order chi connectivity index (χ1) is 9.38. The van der Waals surface area contributed by atoms with E-state index in [4.69, 9.17) is 4.74 Å². The highest BCUT2D eigenvalue weighted by Gasteiger charge is 2.21. The van der Waals surface area contributed by atoms with Crippen LogP contribution in [0.25, 0.3) is 0 Å². The fourth-order valence-corrected chi connectivity index (χ4v) is 3.77. The van der Waals surface area contributed by atoms with Gasteiger partial charge in [-0.3, -0.25) is 0 Å². The predicted molar refractivity (Wildman–Crippen MR) is 81.4 cm³/mol. The Balaban J connectivity index is 1.69. The van der Waals surface area contributed by atoms with Crippen molar-refractivity contribution in [3.63, 3.8) is 0 Å². The van der Waals surface area contributed by atoms with Gasteiger partial charge in [-0.2, -0.15) is 0 Å². The highest BCUT2D eigenvalue weighted by Crippen LogP contribution is 2.30. The first-order valence-electron chi connectivity index (χ1n) is 8.69. The van der Waals surface area contributed by atoms with Gasteiger partial charge in [0.25, 0.3) is 0 Å². The van der Waals surface area contributed by atoms with E-state index in [0.717, 1.165) is 31.1 Å². The number of rotatable bonds is 8. The smallest absolute Gasteiger partial charge is 0.0468 e. The number of hydrogen-bond acceptors (Lipinski definition) is 2. The highest BCUT2D eigenvalue weighted by molar-refractivity contribution is 4.76. The minimum Gasteiger partial charge on any atom is -0.381 e. The Morgan fingerprint density at radius 2 is 1.79 bits per heavy atom. The summed E-state index contributed by atoms with van der Waals surface area (Å²) in [5.41, 5.74) is 0. The molecule has 112 valence electrons. The van der Waals surface area contributed by atoms with Crippen molar-refractivity contribution in [3.05, 3.63) is 0 Å². The largest absolute Gasteiger partial charge is 0.381 e. The van der Waals surface area contributed by atoms with Gasteiger partial charge in [-0.05, 0) is 56.9 Å². The van der Waals surface area contributed by atoms with E-state index >= 15 is 0 Å². The lowest BCUT2D eigenvalue weighted by atomic mass is 9.88. The van der Waals surface area contributed by atoms with Crippen molar-refractivity contribution in [2.24, 2.45) is 11.8 Å². The molecule has 2 fully saturated rings. The zero-order chi connectivity index (χ0) is 13.3. The molecule has 2 nitrogen and oxygen atoms in total. The molecule has 0 spiro atoms. The first kappa shape index (κ1) is 15.3. The number of hydrogen-bond donors (Lipinski definition) is 1. The van der Waals surface area contributed by atoms with Crippen molar-refractivity contribution in [1.29, 1.82) is 0 Å². The molecule has 1 aliphatic heterocycles. The van der Waals surface area contributed by atoms with E-state index in [9.17, 15) is 0 Å². The summed E-state index contributed by atoms with van der Waals surface area (Å²) in [6, 6.07) is 0.767. The third-order valence-corrected chi connectivity index (χ3v) is 5.04. The lowest BCUT2D eigenvalue weighted by Gasteiger charge is -2.28. The van der Waals surface area contributed by atoms with Crippen molar-refractivity contribution in [3.8, 4) is 0 Å². The molecule has 1 heterocycles. The van der Waals surface area contributed by atoms with E-state index in [1.54, 1.807) is 0 Å². The van der Waals surface area contributed by atoms with E-state index in [1.807, 2.05) is 0 Å². The summed E-state index contributed by atoms with van der Waals surface area (Å²) in [7, 11) is 0. The van der Waals surface area contributed by atoms with Crippen molar-refractivity contribution in [2.45, 2.75) is 77.2 Å². The SMILES string of the molecule is CCCNC(CCC1CCCC1)CC1CCOCC1. The molecule has 1 aliphatic carbocycles. The standard InChI is InChI=1S/C17H33NO/c1-2-11-18-17(8-7-15-5-3-4-6-15)14-16-9-12-19-13-10-16/h15-18H,2-14H2,1H3. The van der Waals surface area contributed by atoms with Gasteiger partial charge in [0.15, 0.2) is 0 Å². The van der Waals surface area contributed by atoms with Gasteiger partial charge in [-0.25, -0.2) is 0 Å². The van der Waals surface area contributed by atoms with Gasteiger partial charge in [0.2, 0.25) is 0 Å². The average molecular weight is 267 g/mol. The minimum atomic E-state index is 0.767. The molecule has 2 aliphatic rings. The number of ether oxygens (including phenoxy) is 1. The molecule has 0 aromatic rings. The summed E-state index contributed by atoms with van der Waals surface area (Å²) in [6.45, 7) is 5.45. The average Bonchev–Trinajstić information content (AvgIpc) is 2.96. The van der Waals surface area contributed by atoms with Crippen LogP contribution in [-0.4, -0.2) is 25.8 Å². The Morgan fingerprint density at radius 3 is 2.47 bits per heavy atom. The van der Waals surface area contributed by atoms with Gasteiger partial charge in [-0.15, -0.1) is 0 Å². The van der Waals surface area contributed by atoms with Gasteiger partial charge in [0.05, 0.1) is 0 Å². The topological polar surface area (TPSA) is 21.3 Å². The Labute approximate surface area is 119 Å². The first-order valence-corrected chi connectivity index (χ1v) is 8.69. The molecule has 0 bridgehead atoms. The van der Waals surface area contributed by atoms with Crippen molar-refractivity contribution in [2.75, 3.05) is 19.8 Å². The van der Waals surface area contributed by atoms with Crippen LogP contribution in [0.3, 0.4) is 0 Å². The Kier molecular flexibility index (Phi) is 7.23. The quantitative estimate of drug-likeness (QED) is 0.713.